The third-order valence-corrected chi connectivity index (χ3v) is 2.28. The Labute approximate surface area is 93.9 Å². The van der Waals surface area contributed by atoms with Gasteiger partial charge in [-0.25, -0.2) is 0 Å². The Morgan fingerprint density at radius 3 is 2.56 bits per heavy atom. The third kappa shape index (κ3) is 2.28. The third-order valence-electron chi connectivity index (χ3n) is 2.28. The molecular formula is C12H13N3O. The van der Waals surface area contributed by atoms with Crippen molar-refractivity contribution in [3.63, 3.8) is 0 Å². The van der Waals surface area contributed by atoms with Crippen LogP contribution in [0.1, 0.15) is 15.9 Å². The average Bonchev–Trinajstić information content (AvgIpc) is 2.68. The van der Waals surface area contributed by atoms with E-state index in [2.05, 4.69) is 10.4 Å². The van der Waals surface area contributed by atoms with Gasteiger partial charge in [0.2, 0.25) is 0 Å². The van der Waals surface area contributed by atoms with Gasteiger partial charge >= 0.3 is 0 Å². The number of amides is 1. The van der Waals surface area contributed by atoms with Crippen LogP contribution in [0.5, 0.6) is 0 Å². The molecule has 0 fully saturated rings. The van der Waals surface area contributed by atoms with Crippen LogP contribution in [0.2, 0.25) is 0 Å². The van der Waals surface area contributed by atoms with Gasteiger partial charge in [0.15, 0.2) is 0 Å². The Morgan fingerprint density at radius 2 is 2.00 bits per heavy atom. The van der Waals surface area contributed by atoms with Gasteiger partial charge in [-0.1, -0.05) is 17.7 Å². The van der Waals surface area contributed by atoms with Gasteiger partial charge in [-0.3, -0.25) is 9.48 Å². The number of anilines is 1. The van der Waals surface area contributed by atoms with Crippen LogP contribution < -0.4 is 5.32 Å². The molecule has 2 aromatic rings. The van der Waals surface area contributed by atoms with Crippen molar-refractivity contribution in [2.24, 2.45) is 7.05 Å². The summed E-state index contributed by atoms with van der Waals surface area (Å²) < 4.78 is 1.60. The molecule has 0 unspecified atom stereocenters. The molecule has 0 saturated carbocycles. The molecular weight excluding hydrogens is 202 g/mol. The molecule has 1 heterocycles. The van der Waals surface area contributed by atoms with Gasteiger partial charge in [0.25, 0.3) is 5.91 Å². The van der Waals surface area contributed by atoms with E-state index >= 15 is 0 Å². The quantitative estimate of drug-likeness (QED) is 0.832. The zero-order valence-electron chi connectivity index (χ0n) is 9.27. The molecule has 0 aliphatic heterocycles. The van der Waals surface area contributed by atoms with Crippen molar-refractivity contribution in [1.82, 2.24) is 9.78 Å². The molecule has 2 rings (SSSR count). The van der Waals surface area contributed by atoms with Crippen molar-refractivity contribution >= 4 is 11.6 Å². The Kier molecular flexibility index (Phi) is 2.72. The fourth-order valence-corrected chi connectivity index (χ4v) is 1.38. The molecule has 1 amide bonds. The Balaban J connectivity index is 2.10. The van der Waals surface area contributed by atoms with Crippen molar-refractivity contribution in [2.75, 3.05) is 5.32 Å². The van der Waals surface area contributed by atoms with Crippen LogP contribution in [0.3, 0.4) is 0 Å². The van der Waals surface area contributed by atoms with E-state index in [1.165, 1.54) is 5.56 Å². The summed E-state index contributed by atoms with van der Waals surface area (Å²) >= 11 is 0. The number of carbonyl (C=O) groups excluding carboxylic acids is 1. The summed E-state index contributed by atoms with van der Waals surface area (Å²) in [5.74, 6) is -0.142. The van der Waals surface area contributed by atoms with Gasteiger partial charge < -0.3 is 5.32 Å². The molecule has 0 spiro atoms. The molecule has 1 aromatic carbocycles. The van der Waals surface area contributed by atoms with Gasteiger partial charge in [0.1, 0.15) is 0 Å². The van der Waals surface area contributed by atoms with Gasteiger partial charge in [-0.15, -0.1) is 0 Å². The van der Waals surface area contributed by atoms with Crippen LogP contribution >= 0.6 is 0 Å². The zero-order valence-corrected chi connectivity index (χ0v) is 9.27. The van der Waals surface area contributed by atoms with Crippen LogP contribution in [-0.4, -0.2) is 15.7 Å². The maximum atomic E-state index is 11.7. The summed E-state index contributed by atoms with van der Waals surface area (Å²) in [7, 11) is 1.78. The van der Waals surface area contributed by atoms with Crippen LogP contribution in [0.4, 0.5) is 5.69 Å². The Morgan fingerprint density at radius 1 is 1.31 bits per heavy atom. The average molecular weight is 215 g/mol. The van der Waals surface area contributed by atoms with E-state index < -0.39 is 0 Å². The van der Waals surface area contributed by atoms with Crippen LogP contribution in [0.15, 0.2) is 36.7 Å². The first kappa shape index (κ1) is 10.4. The number of benzene rings is 1. The number of nitrogens with zero attached hydrogens (tertiary/aromatic N) is 2. The summed E-state index contributed by atoms with van der Waals surface area (Å²) in [5.41, 5.74) is 2.52. The normalized spacial score (nSPS) is 10.1. The highest BCUT2D eigenvalue weighted by molar-refractivity contribution is 6.03. The first-order chi connectivity index (χ1) is 7.65. The lowest BCUT2D eigenvalue weighted by Crippen LogP contribution is -2.10. The molecule has 0 atom stereocenters. The topological polar surface area (TPSA) is 46.9 Å². The van der Waals surface area contributed by atoms with Gasteiger partial charge in [0.05, 0.1) is 11.8 Å². The van der Waals surface area contributed by atoms with Crippen molar-refractivity contribution in [3.8, 4) is 0 Å². The summed E-state index contributed by atoms with van der Waals surface area (Å²) in [6.07, 6.45) is 3.23. The lowest BCUT2D eigenvalue weighted by molar-refractivity contribution is 0.102. The smallest absolute Gasteiger partial charge is 0.258 e. The van der Waals surface area contributed by atoms with Gasteiger partial charge in [-0.2, -0.15) is 5.10 Å². The van der Waals surface area contributed by atoms with Gasteiger partial charge in [-0.05, 0) is 19.1 Å². The molecule has 1 aromatic heterocycles. The van der Waals surface area contributed by atoms with Crippen molar-refractivity contribution < 1.29 is 4.79 Å². The second-order valence-corrected chi connectivity index (χ2v) is 3.72. The lowest BCUT2D eigenvalue weighted by atomic mass is 10.2. The molecule has 0 radical (unpaired) electrons. The molecule has 82 valence electrons. The first-order valence-electron chi connectivity index (χ1n) is 5.02. The number of aryl methyl sites for hydroxylation is 2. The standard InChI is InChI=1S/C12H13N3O/c1-9-3-5-11(6-4-9)14-12(16)10-7-13-15(2)8-10/h3-8H,1-2H3,(H,14,16). The highest BCUT2D eigenvalue weighted by Gasteiger charge is 2.07. The van der Waals surface area contributed by atoms with E-state index in [1.807, 2.05) is 31.2 Å². The molecule has 4 nitrogen and oxygen atoms in total. The van der Waals surface area contributed by atoms with E-state index in [0.29, 0.717) is 5.56 Å². The van der Waals surface area contributed by atoms with E-state index in [-0.39, 0.29) is 5.91 Å². The highest BCUT2D eigenvalue weighted by Crippen LogP contribution is 2.10. The second-order valence-electron chi connectivity index (χ2n) is 3.72. The minimum absolute atomic E-state index is 0.142. The minimum Gasteiger partial charge on any atom is -0.322 e. The number of hydrogen-bond donors (Lipinski definition) is 1. The number of nitrogens with one attached hydrogen (secondary N) is 1. The van der Waals surface area contributed by atoms with Crippen molar-refractivity contribution in [3.05, 3.63) is 47.8 Å². The summed E-state index contributed by atoms with van der Waals surface area (Å²) in [5, 5.41) is 6.76. The van der Waals surface area contributed by atoms with E-state index in [0.717, 1.165) is 5.69 Å². The van der Waals surface area contributed by atoms with E-state index in [9.17, 15) is 4.79 Å². The van der Waals surface area contributed by atoms with Crippen LogP contribution in [-0.2, 0) is 7.05 Å². The monoisotopic (exact) mass is 215 g/mol. The summed E-state index contributed by atoms with van der Waals surface area (Å²) in [6, 6.07) is 7.67. The predicted octanol–water partition coefficient (Wildman–Crippen LogP) is 1.98. The highest BCUT2D eigenvalue weighted by atomic mass is 16.1. The first-order valence-corrected chi connectivity index (χ1v) is 5.02. The lowest BCUT2D eigenvalue weighted by Gasteiger charge is -2.03. The van der Waals surface area contributed by atoms with Crippen molar-refractivity contribution in [2.45, 2.75) is 6.92 Å². The fourth-order valence-electron chi connectivity index (χ4n) is 1.38. The molecule has 0 bridgehead atoms. The molecule has 4 heteroatoms. The number of rotatable bonds is 2. The summed E-state index contributed by atoms with van der Waals surface area (Å²) in [6.45, 7) is 2.01. The number of aromatic nitrogens is 2. The minimum atomic E-state index is -0.142. The number of carbonyl (C=O) groups is 1. The molecule has 16 heavy (non-hydrogen) atoms. The fraction of sp³-hybridized carbons (Fsp3) is 0.167. The van der Waals surface area contributed by atoms with Crippen LogP contribution in [0.25, 0.3) is 0 Å². The molecule has 0 saturated heterocycles. The Hall–Kier alpha value is -2.10. The van der Waals surface area contributed by atoms with Crippen LogP contribution in [0, 0.1) is 6.92 Å². The molecule has 0 aliphatic rings. The maximum absolute atomic E-state index is 11.7. The maximum Gasteiger partial charge on any atom is 0.258 e. The molecule has 1 N–H and O–H groups in total. The second kappa shape index (κ2) is 4.18. The SMILES string of the molecule is Cc1ccc(NC(=O)c2cnn(C)c2)cc1. The molecule has 0 aliphatic carbocycles. The predicted molar refractivity (Wildman–Crippen MR) is 62.3 cm³/mol. The number of hydrogen-bond acceptors (Lipinski definition) is 2. The zero-order chi connectivity index (χ0) is 11.5. The largest absolute Gasteiger partial charge is 0.322 e. The Bertz CT molecular complexity index is 499. The van der Waals surface area contributed by atoms with Gasteiger partial charge in [0, 0.05) is 18.9 Å². The summed E-state index contributed by atoms with van der Waals surface area (Å²) in [4.78, 5) is 11.7. The van der Waals surface area contributed by atoms with E-state index in [1.54, 1.807) is 24.1 Å². The van der Waals surface area contributed by atoms with E-state index in [4.69, 9.17) is 0 Å². The van der Waals surface area contributed by atoms with Crippen molar-refractivity contribution in [1.29, 1.82) is 0 Å².